The molecule has 1 atom stereocenters. The quantitative estimate of drug-likeness (QED) is 0.738. The van der Waals surface area contributed by atoms with Crippen LogP contribution in [0.25, 0.3) is 0 Å². The lowest BCUT2D eigenvalue weighted by molar-refractivity contribution is 0.663. The Balaban J connectivity index is 2.57. The van der Waals surface area contributed by atoms with Gasteiger partial charge in [-0.2, -0.15) is 0 Å². The Kier molecular flexibility index (Phi) is 3.23. The van der Waals surface area contributed by atoms with Crippen molar-refractivity contribution in [2.24, 2.45) is 5.73 Å². The summed E-state index contributed by atoms with van der Waals surface area (Å²) < 4.78 is 0. The fraction of sp³-hybridized carbons (Fsp3) is 0.500. The average molecular weight is 164 g/mol. The lowest BCUT2D eigenvalue weighted by atomic mass is 10.1. The molecule has 0 aliphatic heterocycles. The van der Waals surface area contributed by atoms with Gasteiger partial charge in [0.05, 0.1) is 0 Å². The second-order valence-corrected chi connectivity index (χ2v) is 3.26. The summed E-state index contributed by atoms with van der Waals surface area (Å²) in [6, 6.07) is 4.37. The highest BCUT2D eigenvalue weighted by Crippen LogP contribution is 2.07. The molecule has 0 radical (unpaired) electrons. The Morgan fingerprint density at radius 3 is 2.92 bits per heavy atom. The molecule has 0 fully saturated rings. The van der Waals surface area contributed by atoms with Crippen LogP contribution < -0.4 is 5.73 Å². The largest absolute Gasteiger partial charge is 0.328 e. The van der Waals surface area contributed by atoms with Gasteiger partial charge < -0.3 is 5.73 Å². The van der Waals surface area contributed by atoms with Crippen molar-refractivity contribution in [3.63, 3.8) is 0 Å². The summed E-state index contributed by atoms with van der Waals surface area (Å²) in [5.41, 5.74) is 8.11. The summed E-state index contributed by atoms with van der Waals surface area (Å²) in [6.45, 7) is 4.07. The third-order valence-electron chi connectivity index (χ3n) is 1.99. The number of nitrogens with zero attached hydrogens (tertiary/aromatic N) is 1. The fourth-order valence-electron chi connectivity index (χ4n) is 1.16. The highest BCUT2D eigenvalue weighted by molar-refractivity contribution is 5.18. The smallest absolute Gasteiger partial charge is 0.0404 e. The molecule has 0 amide bonds. The van der Waals surface area contributed by atoms with Gasteiger partial charge in [0.2, 0.25) is 0 Å². The van der Waals surface area contributed by atoms with Crippen molar-refractivity contribution in [3.05, 3.63) is 29.6 Å². The van der Waals surface area contributed by atoms with E-state index in [-0.39, 0.29) is 6.04 Å². The SMILES string of the molecule is Cc1ncccc1CC[C@@H](C)N. The van der Waals surface area contributed by atoms with Crippen LogP contribution in [0.3, 0.4) is 0 Å². The van der Waals surface area contributed by atoms with Crippen LogP contribution in [0.5, 0.6) is 0 Å². The first-order valence-corrected chi connectivity index (χ1v) is 4.36. The predicted octanol–water partition coefficient (Wildman–Crippen LogP) is 1.67. The van der Waals surface area contributed by atoms with Crippen molar-refractivity contribution in [2.45, 2.75) is 32.7 Å². The third kappa shape index (κ3) is 2.62. The molecule has 2 nitrogen and oxygen atoms in total. The van der Waals surface area contributed by atoms with E-state index in [1.165, 1.54) is 5.56 Å². The van der Waals surface area contributed by atoms with E-state index in [2.05, 4.69) is 11.1 Å². The van der Waals surface area contributed by atoms with E-state index >= 15 is 0 Å². The number of pyridine rings is 1. The second kappa shape index (κ2) is 4.21. The van der Waals surface area contributed by atoms with Gasteiger partial charge in [-0.25, -0.2) is 0 Å². The lowest BCUT2D eigenvalue weighted by Crippen LogP contribution is -2.15. The van der Waals surface area contributed by atoms with Crippen LogP contribution in [0.1, 0.15) is 24.6 Å². The highest BCUT2D eigenvalue weighted by atomic mass is 14.7. The molecule has 2 heteroatoms. The van der Waals surface area contributed by atoms with Crippen LogP contribution in [0.4, 0.5) is 0 Å². The number of nitrogens with two attached hydrogens (primary N) is 1. The number of aromatic nitrogens is 1. The molecule has 0 unspecified atom stereocenters. The Morgan fingerprint density at radius 2 is 2.33 bits per heavy atom. The molecule has 1 aromatic heterocycles. The third-order valence-corrected chi connectivity index (χ3v) is 1.99. The summed E-state index contributed by atoms with van der Waals surface area (Å²) in [7, 11) is 0. The van der Waals surface area contributed by atoms with Crippen molar-refractivity contribution in [1.29, 1.82) is 0 Å². The van der Waals surface area contributed by atoms with Crippen molar-refractivity contribution in [3.8, 4) is 0 Å². The fourth-order valence-corrected chi connectivity index (χ4v) is 1.16. The summed E-state index contributed by atoms with van der Waals surface area (Å²) in [4.78, 5) is 4.22. The van der Waals surface area contributed by atoms with Gasteiger partial charge in [0.1, 0.15) is 0 Å². The first-order chi connectivity index (χ1) is 5.70. The van der Waals surface area contributed by atoms with Crippen LogP contribution in [0.2, 0.25) is 0 Å². The minimum atomic E-state index is 0.282. The molecule has 66 valence electrons. The van der Waals surface area contributed by atoms with Crippen LogP contribution in [-0.2, 0) is 6.42 Å². The first-order valence-electron chi connectivity index (χ1n) is 4.36. The second-order valence-electron chi connectivity index (χ2n) is 3.26. The van der Waals surface area contributed by atoms with E-state index in [4.69, 9.17) is 5.73 Å². The van der Waals surface area contributed by atoms with Crippen molar-refractivity contribution in [1.82, 2.24) is 4.98 Å². The minimum Gasteiger partial charge on any atom is -0.328 e. The van der Waals surface area contributed by atoms with E-state index in [1.54, 1.807) is 0 Å². The van der Waals surface area contributed by atoms with E-state index < -0.39 is 0 Å². The highest BCUT2D eigenvalue weighted by Gasteiger charge is 1.99. The Hall–Kier alpha value is -0.890. The van der Waals surface area contributed by atoms with Gasteiger partial charge in [-0.15, -0.1) is 0 Å². The van der Waals surface area contributed by atoms with Gasteiger partial charge in [-0.05, 0) is 38.3 Å². The van der Waals surface area contributed by atoms with E-state index in [0.29, 0.717) is 0 Å². The molecule has 0 aromatic carbocycles. The standard InChI is InChI=1S/C10H16N2/c1-8(11)5-6-10-4-3-7-12-9(10)2/h3-4,7-8H,5-6,11H2,1-2H3/t8-/m1/s1. The molecule has 2 N–H and O–H groups in total. The Morgan fingerprint density at radius 1 is 1.58 bits per heavy atom. The van der Waals surface area contributed by atoms with Gasteiger partial charge >= 0.3 is 0 Å². The van der Waals surface area contributed by atoms with Gasteiger partial charge in [-0.1, -0.05) is 6.07 Å². The molecule has 0 bridgehead atoms. The van der Waals surface area contributed by atoms with E-state index in [1.807, 2.05) is 26.1 Å². The van der Waals surface area contributed by atoms with Crippen LogP contribution in [-0.4, -0.2) is 11.0 Å². The average Bonchev–Trinajstić information content (AvgIpc) is 2.03. The van der Waals surface area contributed by atoms with Crippen molar-refractivity contribution in [2.75, 3.05) is 0 Å². The maximum Gasteiger partial charge on any atom is 0.0404 e. The van der Waals surface area contributed by atoms with E-state index in [0.717, 1.165) is 18.5 Å². The summed E-state index contributed by atoms with van der Waals surface area (Å²) in [5, 5.41) is 0. The maximum absolute atomic E-state index is 5.67. The molecule has 1 aromatic rings. The van der Waals surface area contributed by atoms with Crippen LogP contribution in [0, 0.1) is 6.92 Å². The molecule has 0 saturated carbocycles. The molecule has 0 aliphatic carbocycles. The number of aryl methyl sites for hydroxylation is 2. The predicted molar refractivity (Wildman–Crippen MR) is 50.9 cm³/mol. The molecule has 0 spiro atoms. The normalized spacial score (nSPS) is 12.9. The maximum atomic E-state index is 5.67. The molecule has 0 saturated heterocycles. The van der Waals surface area contributed by atoms with Gasteiger partial charge in [0, 0.05) is 17.9 Å². The topological polar surface area (TPSA) is 38.9 Å². The monoisotopic (exact) mass is 164 g/mol. The lowest BCUT2D eigenvalue weighted by Gasteiger charge is -2.06. The molecular weight excluding hydrogens is 148 g/mol. The zero-order valence-electron chi connectivity index (χ0n) is 7.75. The summed E-state index contributed by atoms with van der Waals surface area (Å²) in [5.74, 6) is 0. The molecule has 0 aliphatic rings. The van der Waals surface area contributed by atoms with Crippen molar-refractivity contribution >= 4 is 0 Å². The summed E-state index contributed by atoms with van der Waals surface area (Å²) >= 11 is 0. The zero-order chi connectivity index (χ0) is 8.97. The van der Waals surface area contributed by atoms with Gasteiger partial charge in [0.15, 0.2) is 0 Å². The van der Waals surface area contributed by atoms with E-state index in [9.17, 15) is 0 Å². The zero-order valence-corrected chi connectivity index (χ0v) is 7.75. The van der Waals surface area contributed by atoms with Crippen molar-refractivity contribution < 1.29 is 0 Å². The minimum absolute atomic E-state index is 0.282. The molecular formula is C10H16N2. The first kappa shape index (κ1) is 9.20. The molecule has 12 heavy (non-hydrogen) atoms. The number of hydrogen-bond acceptors (Lipinski definition) is 2. The molecule has 1 heterocycles. The van der Waals surface area contributed by atoms with Crippen LogP contribution >= 0.6 is 0 Å². The van der Waals surface area contributed by atoms with Crippen LogP contribution in [0.15, 0.2) is 18.3 Å². The number of rotatable bonds is 3. The molecule has 1 rings (SSSR count). The Labute approximate surface area is 73.8 Å². The Bertz CT molecular complexity index is 243. The summed E-state index contributed by atoms with van der Waals surface area (Å²) in [6.07, 6.45) is 3.90. The van der Waals surface area contributed by atoms with Gasteiger partial charge in [-0.3, -0.25) is 4.98 Å². The number of hydrogen-bond donors (Lipinski definition) is 1. The van der Waals surface area contributed by atoms with Gasteiger partial charge in [0.25, 0.3) is 0 Å².